The molecule has 1 nitrogen and oxygen atoms in total. The molecule has 2 aromatic rings. The molecule has 19 heavy (non-hydrogen) atoms. The molecule has 2 atom stereocenters. The van der Waals surface area contributed by atoms with E-state index in [-0.39, 0.29) is 11.4 Å². The summed E-state index contributed by atoms with van der Waals surface area (Å²) >= 11 is 3.43. The molecule has 0 saturated carbocycles. The predicted molar refractivity (Wildman–Crippen MR) is 84.9 cm³/mol. The topological polar surface area (TPSA) is 20.2 Å². The minimum atomic E-state index is -0.310. The molecule has 0 aromatic heterocycles. The summed E-state index contributed by atoms with van der Waals surface area (Å²) in [5.74, 6) is 0.727. The highest BCUT2D eigenvalue weighted by Crippen LogP contribution is 2.27. The van der Waals surface area contributed by atoms with E-state index in [1.807, 2.05) is 36.4 Å². The van der Waals surface area contributed by atoms with Crippen LogP contribution in [0.4, 0.5) is 0 Å². The van der Waals surface area contributed by atoms with Gasteiger partial charge in [0.15, 0.2) is 0 Å². The highest BCUT2D eigenvalue weighted by molar-refractivity contribution is 8.00. The Morgan fingerprint density at radius 3 is 2.00 bits per heavy atom. The first kappa shape index (κ1) is 14.5. The maximum absolute atomic E-state index is 10.2. The van der Waals surface area contributed by atoms with Crippen LogP contribution >= 0.6 is 23.5 Å². The van der Waals surface area contributed by atoms with Crippen LogP contribution in [0.5, 0.6) is 0 Å². The van der Waals surface area contributed by atoms with Gasteiger partial charge in [0.25, 0.3) is 0 Å². The van der Waals surface area contributed by atoms with Gasteiger partial charge in [0, 0.05) is 20.8 Å². The van der Waals surface area contributed by atoms with Crippen molar-refractivity contribution in [3.05, 3.63) is 60.7 Å². The summed E-state index contributed by atoms with van der Waals surface area (Å²) in [5.41, 5.74) is 0. The minimum absolute atomic E-state index is 0.193. The third kappa shape index (κ3) is 4.94. The first-order valence-corrected chi connectivity index (χ1v) is 8.20. The minimum Gasteiger partial charge on any atom is -0.391 e. The van der Waals surface area contributed by atoms with E-state index >= 15 is 0 Å². The Morgan fingerprint density at radius 2 is 1.42 bits per heavy atom. The van der Waals surface area contributed by atoms with Crippen LogP contribution in [0.15, 0.2) is 70.5 Å². The lowest BCUT2D eigenvalue weighted by Crippen LogP contribution is -2.22. The van der Waals surface area contributed by atoms with Crippen LogP contribution in [0, 0.1) is 0 Å². The highest BCUT2D eigenvalue weighted by Gasteiger charge is 2.15. The molecule has 0 spiro atoms. The number of benzene rings is 2. The van der Waals surface area contributed by atoms with E-state index in [0.29, 0.717) is 0 Å². The van der Waals surface area contributed by atoms with Gasteiger partial charge in [-0.15, -0.1) is 23.5 Å². The molecule has 0 amide bonds. The highest BCUT2D eigenvalue weighted by atomic mass is 32.2. The molecule has 0 aliphatic carbocycles. The fourth-order valence-electron chi connectivity index (χ4n) is 1.63. The lowest BCUT2D eigenvalue weighted by atomic mass is 10.3. The normalized spacial score (nSPS) is 14.0. The smallest absolute Gasteiger partial charge is 0.0753 e. The van der Waals surface area contributed by atoms with Gasteiger partial charge in [-0.25, -0.2) is 0 Å². The van der Waals surface area contributed by atoms with Crippen molar-refractivity contribution in [2.24, 2.45) is 0 Å². The van der Waals surface area contributed by atoms with Crippen LogP contribution in [0.2, 0.25) is 0 Å². The zero-order valence-corrected chi connectivity index (χ0v) is 12.5. The van der Waals surface area contributed by atoms with Gasteiger partial charge in [-0.3, -0.25) is 0 Å². The fourth-order valence-corrected chi connectivity index (χ4v) is 3.75. The Hall–Kier alpha value is -0.900. The van der Waals surface area contributed by atoms with E-state index in [1.165, 1.54) is 9.79 Å². The third-order valence-corrected chi connectivity index (χ3v) is 5.11. The van der Waals surface area contributed by atoms with Crippen molar-refractivity contribution < 1.29 is 5.11 Å². The predicted octanol–water partition coefficient (Wildman–Crippen LogP) is 4.32. The number of hydrogen-bond acceptors (Lipinski definition) is 3. The molecular formula is C16H18OS2. The van der Waals surface area contributed by atoms with Crippen LogP contribution < -0.4 is 0 Å². The zero-order valence-electron chi connectivity index (χ0n) is 10.9. The summed E-state index contributed by atoms with van der Waals surface area (Å²) in [6, 6.07) is 20.4. The summed E-state index contributed by atoms with van der Waals surface area (Å²) < 4.78 is 0. The number of rotatable bonds is 6. The SMILES string of the molecule is CC(Sc1ccccc1)C(O)CSc1ccccc1. The lowest BCUT2D eigenvalue weighted by molar-refractivity contribution is 0.201. The Morgan fingerprint density at radius 1 is 0.895 bits per heavy atom. The van der Waals surface area contributed by atoms with Crippen LogP contribution in [0.25, 0.3) is 0 Å². The van der Waals surface area contributed by atoms with Gasteiger partial charge in [-0.2, -0.15) is 0 Å². The Balaban J connectivity index is 1.81. The van der Waals surface area contributed by atoms with Crippen molar-refractivity contribution >= 4 is 23.5 Å². The van der Waals surface area contributed by atoms with E-state index in [4.69, 9.17) is 0 Å². The van der Waals surface area contributed by atoms with Crippen molar-refractivity contribution in [1.29, 1.82) is 0 Å². The molecular weight excluding hydrogens is 272 g/mol. The van der Waals surface area contributed by atoms with Gasteiger partial charge in [0.1, 0.15) is 0 Å². The van der Waals surface area contributed by atoms with Crippen molar-refractivity contribution in [3.63, 3.8) is 0 Å². The van der Waals surface area contributed by atoms with Crippen LogP contribution in [-0.2, 0) is 0 Å². The van der Waals surface area contributed by atoms with Crippen LogP contribution in [0.1, 0.15) is 6.92 Å². The number of hydrogen-bond donors (Lipinski definition) is 1. The molecule has 3 heteroatoms. The van der Waals surface area contributed by atoms with E-state index in [9.17, 15) is 5.11 Å². The van der Waals surface area contributed by atoms with E-state index in [2.05, 4.69) is 31.2 Å². The van der Waals surface area contributed by atoms with Gasteiger partial charge >= 0.3 is 0 Å². The van der Waals surface area contributed by atoms with Crippen LogP contribution in [-0.4, -0.2) is 22.2 Å². The second-order valence-corrected chi connectivity index (χ2v) is 6.87. The maximum atomic E-state index is 10.2. The molecule has 2 aromatic carbocycles. The molecule has 0 saturated heterocycles. The van der Waals surface area contributed by atoms with Gasteiger partial charge < -0.3 is 5.11 Å². The number of thioether (sulfide) groups is 2. The van der Waals surface area contributed by atoms with E-state index in [0.717, 1.165) is 5.75 Å². The lowest BCUT2D eigenvalue weighted by Gasteiger charge is -2.18. The van der Waals surface area contributed by atoms with Crippen molar-refractivity contribution in [1.82, 2.24) is 0 Å². The molecule has 100 valence electrons. The second kappa shape index (κ2) is 7.63. The molecule has 0 fully saturated rings. The molecule has 2 rings (SSSR count). The van der Waals surface area contributed by atoms with Crippen molar-refractivity contribution in [2.75, 3.05) is 5.75 Å². The summed E-state index contributed by atoms with van der Waals surface area (Å²) in [7, 11) is 0. The fraction of sp³-hybridized carbons (Fsp3) is 0.250. The Labute approximate surface area is 123 Å². The molecule has 2 unspecified atom stereocenters. The standard InChI is InChI=1S/C16H18OS2/c1-13(19-15-10-6-3-7-11-15)16(17)12-18-14-8-4-2-5-9-14/h2-11,13,16-17H,12H2,1H3. The first-order chi connectivity index (χ1) is 9.25. The average Bonchev–Trinajstić information content (AvgIpc) is 2.47. The summed E-state index contributed by atoms with van der Waals surface area (Å²) in [6.45, 7) is 2.08. The van der Waals surface area contributed by atoms with Crippen molar-refractivity contribution in [3.8, 4) is 0 Å². The van der Waals surface area contributed by atoms with Gasteiger partial charge in [0.2, 0.25) is 0 Å². The number of aliphatic hydroxyl groups excluding tert-OH is 1. The van der Waals surface area contributed by atoms with Gasteiger partial charge in [-0.05, 0) is 24.3 Å². The zero-order chi connectivity index (χ0) is 13.5. The largest absolute Gasteiger partial charge is 0.391 e. The molecule has 0 aliphatic heterocycles. The van der Waals surface area contributed by atoms with Crippen molar-refractivity contribution in [2.45, 2.75) is 28.1 Å². The molecule has 0 radical (unpaired) electrons. The van der Waals surface area contributed by atoms with Gasteiger partial charge in [0.05, 0.1) is 6.10 Å². The molecule has 0 bridgehead atoms. The third-order valence-electron chi connectivity index (χ3n) is 2.77. The second-order valence-electron chi connectivity index (χ2n) is 4.33. The Bertz CT molecular complexity index is 473. The molecule has 0 heterocycles. The van der Waals surface area contributed by atoms with E-state index < -0.39 is 0 Å². The summed E-state index contributed by atoms with van der Waals surface area (Å²) in [5, 5.41) is 10.4. The number of aliphatic hydroxyl groups is 1. The average molecular weight is 290 g/mol. The molecule has 0 aliphatic rings. The first-order valence-electron chi connectivity index (χ1n) is 6.33. The van der Waals surface area contributed by atoms with Gasteiger partial charge in [-0.1, -0.05) is 43.3 Å². The molecule has 1 N–H and O–H groups in total. The maximum Gasteiger partial charge on any atom is 0.0753 e. The Kier molecular flexibility index (Phi) is 5.83. The quantitative estimate of drug-likeness (QED) is 0.800. The van der Waals surface area contributed by atoms with E-state index in [1.54, 1.807) is 23.5 Å². The van der Waals surface area contributed by atoms with Crippen LogP contribution in [0.3, 0.4) is 0 Å². The summed E-state index contributed by atoms with van der Waals surface area (Å²) in [4.78, 5) is 2.41. The monoisotopic (exact) mass is 290 g/mol. The summed E-state index contributed by atoms with van der Waals surface area (Å²) in [6.07, 6.45) is -0.310.